The molecule has 2 fully saturated rings. The Labute approximate surface area is 85.7 Å². The molecule has 1 heterocycles. The first-order valence-corrected chi connectivity index (χ1v) is 5.55. The second-order valence-corrected chi connectivity index (χ2v) is 4.71. The largest absolute Gasteiger partial charge is 0.379 e. The zero-order chi connectivity index (χ0) is 10.0. The summed E-state index contributed by atoms with van der Waals surface area (Å²) in [7, 11) is 0. The number of rotatable bonds is 3. The molecule has 1 aliphatic carbocycles. The van der Waals surface area contributed by atoms with E-state index < -0.39 is 0 Å². The summed E-state index contributed by atoms with van der Waals surface area (Å²) in [6, 6.07) is 0. The highest BCUT2D eigenvalue weighted by molar-refractivity contribution is 4.99. The first-order valence-electron chi connectivity index (χ1n) is 5.55. The minimum Gasteiger partial charge on any atom is -0.379 e. The first-order chi connectivity index (χ1) is 6.74. The molecule has 0 aromatic heterocycles. The molecule has 0 unspecified atom stereocenters. The van der Waals surface area contributed by atoms with Crippen LogP contribution in [0.3, 0.4) is 0 Å². The van der Waals surface area contributed by atoms with Gasteiger partial charge in [0.2, 0.25) is 0 Å². The third-order valence-electron chi connectivity index (χ3n) is 3.28. The van der Waals surface area contributed by atoms with Crippen LogP contribution in [0.15, 0.2) is 0 Å². The minimum absolute atomic E-state index is 0.191. The van der Waals surface area contributed by atoms with E-state index in [0.717, 1.165) is 38.8 Å². The van der Waals surface area contributed by atoms with Crippen molar-refractivity contribution in [2.24, 2.45) is 11.7 Å². The standard InChI is InChI=1S/C10H21N3O/c1-9-6-10(7-9,8-11)12-13-2-4-14-5-3-13/h9,12H,2-8,11H2,1H3. The molecule has 0 radical (unpaired) electrons. The van der Waals surface area contributed by atoms with Crippen molar-refractivity contribution in [3.63, 3.8) is 0 Å². The third-order valence-corrected chi connectivity index (χ3v) is 3.28. The van der Waals surface area contributed by atoms with E-state index in [9.17, 15) is 0 Å². The van der Waals surface area contributed by atoms with Crippen LogP contribution < -0.4 is 11.2 Å². The minimum atomic E-state index is 0.191. The lowest BCUT2D eigenvalue weighted by Gasteiger charge is -2.49. The number of morpholine rings is 1. The summed E-state index contributed by atoms with van der Waals surface area (Å²) in [5, 5.41) is 2.27. The van der Waals surface area contributed by atoms with Crippen LogP contribution in [0.2, 0.25) is 0 Å². The Hall–Kier alpha value is -0.160. The van der Waals surface area contributed by atoms with Crippen molar-refractivity contribution in [2.75, 3.05) is 32.8 Å². The summed E-state index contributed by atoms with van der Waals surface area (Å²) >= 11 is 0. The van der Waals surface area contributed by atoms with Crippen molar-refractivity contribution in [3.05, 3.63) is 0 Å². The number of nitrogens with zero attached hydrogens (tertiary/aromatic N) is 1. The van der Waals surface area contributed by atoms with Gasteiger partial charge in [-0.15, -0.1) is 0 Å². The van der Waals surface area contributed by atoms with Gasteiger partial charge in [0.15, 0.2) is 0 Å². The highest BCUT2D eigenvalue weighted by atomic mass is 16.5. The van der Waals surface area contributed by atoms with Crippen LogP contribution in [-0.2, 0) is 4.74 Å². The number of hydrazine groups is 1. The molecule has 0 aromatic rings. The van der Waals surface area contributed by atoms with Crippen LogP contribution in [-0.4, -0.2) is 43.4 Å². The predicted molar refractivity (Wildman–Crippen MR) is 55.7 cm³/mol. The second-order valence-electron chi connectivity index (χ2n) is 4.71. The van der Waals surface area contributed by atoms with Crippen LogP contribution in [0.1, 0.15) is 19.8 Å². The Kier molecular flexibility index (Phi) is 3.07. The lowest BCUT2D eigenvalue weighted by molar-refractivity contribution is -0.0393. The predicted octanol–water partition coefficient (Wildman–Crippen LogP) is -0.0494. The van der Waals surface area contributed by atoms with Gasteiger partial charge in [0.05, 0.1) is 13.2 Å². The summed E-state index contributed by atoms with van der Waals surface area (Å²) in [6.45, 7) is 6.67. The zero-order valence-corrected chi connectivity index (χ0v) is 8.96. The summed E-state index contributed by atoms with van der Waals surface area (Å²) in [5.41, 5.74) is 9.60. The summed E-state index contributed by atoms with van der Waals surface area (Å²) in [4.78, 5) is 0. The maximum atomic E-state index is 5.83. The molecule has 0 spiro atoms. The van der Waals surface area contributed by atoms with E-state index in [-0.39, 0.29) is 5.54 Å². The maximum absolute atomic E-state index is 5.83. The van der Waals surface area contributed by atoms with E-state index in [1.807, 2.05) is 0 Å². The molecule has 1 saturated heterocycles. The molecular weight excluding hydrogens is 178 g/mol. The molecule has 0 amide bonds. The first kappa shape index (κ1) is 10.4. The van der Waals surface area contributed by atoms with E-state index >= 15 is 0 Å². The topological polar surface area (TPSA) is 50.5 Å². The number of hydrogen-bond acceptors (Lipinski definition) is 4. The van der Waals surface area contributed by atoms with Gasteiger partial charge in [-0.25, -0.2) is 10.4 Å². The van der Waals surface area contributed by atoms with Crippen LogP contribution >= 0.6 is 0 Å². The van der Waals surface area contributed by atoms with Gasteiger partial charge in [-0.3, -0.25) is 0 Å². The molecule has 3 N–H and O–H groups in total. The van der Waals surface area contributed by atoms with Gasteiger partial charge in [0.1, 0.15) is 0 Å². The van der Waals surface area contributed by atoms with Crippen molar-refractivity contribution in [1.82, 2.24) is 10.4 Å². The van der Waals surface area contributed by atoms with Crippen molar-refractivity contribution >= 4 is 0 Å². The molecule has 4 nitrogen and oxygen atoms in total. The van der Waals surface area contributed by atoms with Gasteiger partial charge in [-0.05, 0) is 18.8 Å². The molecule has 14 heavy (non-hydrogen) atoms. The SMILES string of the molecule is CC1CC(CN)(NN2CCOCC2)C1. The average molecular weight is 199 g/mol. The van der Waals surface area contributed by atoms with Gasteiger partial charge < -0.3 is 10.5 Å². The van der Waals surface area contributed by atoms with Crippen molar-refractivity contribution in [2.45, 2.75) is 25.3 Å². The highest BCUT2D eigenvalue weighted by Crippen LogP contribution is 2.36. The summed E-state index contributed by atoms with van der Waals surface area (Å²) < 4.78 is 5.31. The molecular formula is C10H21N3O. The van der Waals surface area contributed by atoms with E-state index in [0.29, 0.717) is 0 Å². The number of nitrogens with one attached hydrogen (secondary N) is 1. The van der Waals surface area contributed by atoms with E-state index in [1.54, 1.807) is 0 Å². The second kappa shape index (κ2) is 4.14. The lowest BCUT2D eigenvalue weighted by Crippen LogP contribution is -2.65. The number of ether oxygens (including phenoxy) is 1. The van der Waals surface area contributed by atoms with Crippen molar-refractivity contribution in [3.8, 4) is 0 Å². The molecule has 0 bridgehead atoms. The average Bonchev–Trinajstić information content (AvgIpc) is 2.16. The smallest absolute Gasteiger partial charge is 0.0608 e. The van der Waals surface area contributed by atoms with Crippen LogP contribution in [0.25, 0.3) is 0 Å². The van der Waals surface area contributed by atoms with Crippen molar-refractivity contribution < 1.29 is 4.74 Å². The molecule has 4 heteroatoms. The normalized spacial score (nSPS) is 39.4. The number of hydrogen-bond donors (Lipinski definition) is 2. The van der Waals surface area contributed by atoms with Crippen molar-refractivity contribution in [1.29, 1.82) is 0 Å². The fourth-order valence-electron chi connectivity index (χ4n) is 2.59. The van der Waals surface area contributed by atoms with Gasteiger partial charge in [-0.2, -0.15) is 0 Å². The third kappa shape index (κ3) is 2.08. The van der Waals surface area contributed by atoms with E-state index in [2.05, 4.69) is 17.4 Å². The van der Waals surface area contributed by atoms with Gasteiger partial charge in [0, 0.05) is 25.2 Å². The van der Waals surface area contributed by atoms with Crippen LogP contribution in [0.4, 0.5) is 0 Å². The molecule has 2 aliphatic rings. The maximum Gasteiger partial charge on any atom is 0.0608 e. The molecule has 2 rings (SSSR count). The monoisotopic (exact) mass is 199 g/mol. The Morgan fingerprint density at radius 1 is 1.43 bits per heavy atom. The fourth-order valence-corrected chi connectivity index (χ4v) is 2.59. The van der Waals surface area contributed by atoms with Crippen LogP contribution in [0.5, 0.6) is 0 Å². The fraction of sp³-hybridized carbons (Fsp3) is 1.00. The van der Waals surface area contributed by atoms with E-state index in [4.69, 9.17) is 10.5 Å². The van der Waals surface area contributed by atoms with Gasteiger partial charge in [-0.1, -0.05) is 6.92 Å². The lowest BCUT2D eigenvalue weighted by atomic mass is 9.69. The Morgan fingerprint density at radius 3 is 2.57 bits per heavy atom. The molecule has 1 saturated carbocycles. The Balaban J connectivity index is 1.82. The number of nitrogens with two attached hydrogens (primary N) is 1. The molecule has 0 aromatic carbocycles. The van der Waals surface area contributed by atoms with E-state index in [1.165, 1.54) is 12.8 Å². The summed E-state index contributed by atoms with van der Waals surface area (Å²) in [6.07, 6.45) is 2.42. The molecule has 1 aliphatic heterocycles. The highest BCUT2D eigenvalue weighted by Gasteiger charge is 2.41. The molecule has 0 atom stereocenters. The van der Waals surface area contributed by atoms with Gasteiger partial charge in [0.25, 0.3) is 0 Å². The quantitative estimate of drug-likeness (QED) is 0.669. The Bertz CT molecular complexity index is 186. The van der Waals surface area contributed by atoms with Crippen LogP contribution in [0, 0.1) is 5.92 Å². The Morgan fingerprint density at radius 2 is 2.07 bits per heavy atom. The zero-order valence-electron chi connectivity index (χ0n) is 8.96. The summed E-state index contributed by atoms with van der Waals surface area (Å²) in [5.74, 6) is 0.826. The van der Waals surface area contributed by atoms with Gasteiger partial charge >= 0.3 is 0 Å². The molecule has 82 valence electrons.